The van der Waals surface area contributed by atoms with Gasteiger partial charge >= 0.3 is 0 Å². The summed E-state index contributed by atoms with van der Waals surface area (Å²) >= 11 is 0. The standard InChI is InChI=1S/C12H20N2.2ClH/c1-10(2)14(3)9-12-6-4-5-11(7-12)8-13;;/h4-7,10H,8-9,13H2,1-3H3;2*1H. The molecule has 1 rings (SSSR count). The zero-order valence-corrected chi connectivity index (χ0v) is 11.8. The lowest BCUT2D eigenvalue weighted by atomic mass is 10.1. The van der Waals surface area contributed by atoms with E-state index < -0.39 is 0 Å². The minimum atomic E-state index is 0. The fourth-order valence-electron chi connectivity index (χ4n) is 1.33. The van der Waals surface area contributed by atoms with Crippen LogP contribution in [0.25, 0.3) is 0 Å². The van der Waals surface area contributed by atoms with Gasteiger partial charge in [-0.2, -0.15) is 0 Å². The summed E-state index contributed by atoms with van der Waals surface area (Å²) in [6.07, 6.45) is 0. The van der Waals surface area contributed by atoms with Crippen molar-refractivity contribution in [2.75, 3.05) is 7.05 Å². The monoisotopic (exact) mass is 264 g/mol. The topological polar surface area (TPSA) is 29.3 Å². The third-order valence-electron chi connectivity index (χ3n) is 2.54. The Morgan fingerprint density at radius 2 is 1.75 bits per heavy atom. The summed E-state index contributed by atoms with van der Waals surface area (Å²) in [6.45, 7) is 6.02. The summed E-state index contributed by atoms with van der Waals surface area (Å²) in [6, 6.07) is 9.05. The molecule has 2 N–H and O–H groups in total. The molecule has 1 aromatic carbocycles. The van der Waals surface area contributed by atoms with Crippen molar-refractivity contribution in [3.05, 3.63) is 35.4 Å². The maximum absolute atomic E-state index is 5.60. The van der Waals surface area contributed by atoms with E-state index in [-0.39, 0.29) is 24.8 Å². The third kappa shape index (κ3) is 5.71. The van der Waals surface area contributed by atoms with Gasteiger partial charge in [-0.25, -0.2) is 0 Å². The van der Waals surface area contributed by atoms with Crippen molar-refractivity contribution in [1.82, 2.24) is 4.90 Å². The lowest BCUT2D eigenvalue weighted by molar-refractivity contribution is 0.266. The lowest BCUT2D eigenvalue weighted by Gasteiger charge is -2.21. The maximum atomic E-state index is 5.60. The molecular weight excluding hydrogens is 243 g/mol. The molecule has 0 atom stereocenters. The predicted octanol–water partition coefficient (Wildman–Crippen LogP) is 2.83. The second-order valence-electron chi connectivity index (χ2n) is 4.03. The highest BCUT2D eigenvalue weighted by atomic mass is 35.5. The van der Waals surface area contributed by atoms with E-state index in [4.69, 9.17) is 5.73 Å². The molecule has 0 aliphatic rings. The molecule has 0 aliphatic heterocycles. The molecule has 1 aromatic rings. The molecule has 0 heterocycles. The summed E-state index contributed by atoms with van der Waals surface area (Å²) in [5.74, 6) is 0. The van der Waals surface area contributed by atoms with Crippen LogP contribution in [0.3, 0.4) is 0 Å². The Kier molecular flexibility index (Phi) is 9.98. The van der Waals surface area contributed by atoms with Gasteiger partial charge in [-0.15, -0.1) is 24.8 Å². The molecule has 2 nitrogen and oxygen atoms in total. The van der Waals surface area contributed by atoms with Gasteiger partial charge in [0.25, 0.3) is 0 Å². The average molecular weight is 265 g/mol. The molecular formula is C12H22Cl2N2. The fraction of sp³-hybridized carbons (Fsp3) is 0.500. The van der Waals surface area contributed by atoms with Crippen LogP contribution in [0.15, 0.2) is 24.3 Å². The highest BCUT2D eigenvalue weighted by Gasteiger charge is 2.03. The second kappa shape index (κ2) is 8.82. The molecule has 0 spiro atoms. The summed E-state index contributed by atoms with van der Waals surface area (Å²) in [5, 5.41) is 0. The molecule has 0 saturated heterocycles. The molecule has 0 aliphatic carbocycles. The van der Waals surface area contributed by atoms with Crippen molar-refractivity contribution in [2.24, 2.45) is 5.73 Å². The van der Waals surface area contributed by atoms with Crippen LogP contribution in [0.5, 0.6) is 0 Å². The smallest absolute Gasteiger partial charge is 0.0233 e. The van der Waals surface area contributed by atoms with Crippen molar-refractivity contribution in [3.8, 4) is 0 Å². The van der Waals surface area contributed by atoms with Gasteiger partial charge in [0, 0.05) is 19.1 Å². The predicted molar refractivity (Wildman–Crippen MR) is 75.4 cm³/mol. The maximum Gasteiger partial charge on any atom is 0.0233 e. The van der Waals surface area contributed by atoms with Crippen molar-refractivity contribution in [2.45, 2.75) is 33.0 Å². The van der Waals surface area contributed by atoms with E-state index >= 15 is 0 Å². The number of halogens is 2. The first-order valence-corrected chi connectivity index (χ1v) is 5.11. The van der Waals surface area contributed by atoms with E-state index in [0.717, 1.165) is 6.54 Å². The number of hydrogen-bond acceptors (Lipinski definition) is 2. The lowest BCUT2D eigenvalue weighted by Crippen LogP contribution is -2.25. The van der Waals surface area contributed by atoms with E-state index in [1.165, 1.54) is 11.1 Å². The second-order valence-corrected chi connectivity index (χ2v) is 4.03. The van der Waals surface area contributed by atoms with Crippen molar-refractivity contribution < 1.29 is 0 Å². The Labute approximate surface area is 111 Å². The number of rotatable bonds is 4. The Bertz CT molecular complexity index is 290. The van der Waals surface area contributed by atoms with Gasteiger partial charge in [-0.1, -0.05) is 24.3 Å². The molecule has 0 amide bonds. The van der Waals surface area contributed by atoms with E-state index in [0.29, 0.717) is 12.6 Å². The van der Waals surface area contributed by atoms with Crippen LogP contribution in [-0.2, 0) is 13.1 Å². The minimum absolute atomic E-state index is 0. The highest BCUT2D eigenvalue weighted by Crippen LogP contribution is 2.08. The van der Waals surface area contributed by atoms with Gasteiger partial charge in [0.1, 0.15) is 0 Å². The Hall–Kier alpha value is -0.280. The van der Waals surface area contributed by atoms with E-state index in [9.17, 15) is 0 Å². The zero-order chi connectivity index (χ0) is 10.6. The fourth-order valence-corrected chi connectivity index (χ4v) is 1.33. The van der Waals surface area contributed by atoms with Crippen molar-refractivity contribution in [3.63, 3.8) is 0 Å². The minimum Gasteiger partial charge on any atom is -0.326 e. The summed E-state index contributed by atoms with van der Waals surface area (Å²) < 4.78 is 0. The van der Waals surface area contributed by atoms with Gasteiger partial charge in [0.15, 0.2) is 0 Å². The molecule has 0 radical (unpaired) electrons. The van der Waals surface area contributed by atoms with Crippen LogP contribution in [0.1, 0.15) is 25.0 Å². The first-order valence-electron chi connectivity index (χ1n) is 5.11. The van der Waals surface area contributed by atoms with Crippen molar-refractivity contribution in [1.29, 1.82) is 0 Å². The number of benzene rings is 1. The van der Waals surface area contributed by atoms with Crippen LogP contribution in [0, 0.1) is 0 Å². The molecule has 0 fully saturated rings. The first kappa shape index (κ1) is 18.1. The molecule has 0 unspecified atom stereocenters. The number of nitrogens with two attached hydrogens (primary N) is 1. The SMILES string of the molecule is CC(C)N(C)Cc1cccc(CN)c1.Cl.Cl. The molecule has 0 aromatic heterocycles. The van der Waals surface area contributed by atoms with E-state index in [1.807, 2.05) is 0 Å². The van der Waals surface area contributed by atoms with Crippen LogP contribution in [0.4, 0.5) is 0 Å². The van der Waals surface area contributed by atoms with Gasteiger partial charge < -0.3 is 5.73 Å². The first-order chi connectivity index (χ1) is 6.63. The van der Waals surface area contributed by atoms with E-state index in [1.54, 1.807) is 0 Å². The molecule has 0 saturated carbocycles. The average Bonchev–Trinajstić information content (AvgIpc) is 2.18. The Morgan fingerprint density at radius 3 is 2.25 bits per heavy atom. The summed E-state index contributed by atoms with van der Waals surface area (Å²) in [4.78, 5) is 2.32. The summed E-state index contributed by atoms with van der Waals surface area (Å²) in [7, 11) is 2.14. The Balaban J connectivity index is 0. The molecule has 94 valence electrons. The quantitative estimate of drug-likeness (QED) is 0.907. The van der Waals surface area contributed by atoms with E-state index in [2.05, 4.69) is 50.1 Å². The van der Waals surface area contributed by atoms with Crippen LogP contribution in [-0.4, -0.2) is 18.0 Å². The molecule has 4 heteroatoms. The Morgan fingerprint density at radius 1 is 1.19 bits per heavy atom. The summed E-state index contributed by atoms with van der Waals surface area (Å²) in [5.41, 5.74) is 8.14. The highest BCUT2D eigenvalue weighted by molar-refractivity contribution is 5.85. The van der Waals surface area contributed by atoms with Gasteiger partial charge in [0.2, 0.25) is 0 Å². The third-order valence-corrected chi connectivity index (χ3v) is 2.54. The molecule has 16 heavy (non-hydrogen) atoms. The van der Waals surface area contributed by atoms with Gasteiger partial charge in [-0.3, -0.25) is 4.90 Å². The van der Waals surface area contributed by atoms with Crippen molar-refractivity contribution >= 4 is 24.8 Å². The largest absolute Gasteiger partial charge is 0.326 e. The van der Waals surface area contributed by atoms with Gasteiger partial charge in [0.05, 0.1) is 0 Å². The van der Waals surface area contributed by atoms with Crippen LogP contribution >= 0.6 is 24.8 Å². The number of nitrogens with zero attached hydrogens (tertiary/aromatic N) is 1. The van der Waals surface area contributed by atoms with Crippen LogP contribution < -0.4 is 5.73 Å². The zero-order valence-electron chi connectivity index (χ0n) is 10.1. The molecule has 0 bridgehead atoms. The normalized spacial score (nSPS) is 9.88. The van der Waals surface area contributed by atoms with Gasteiger partial charge in [-0.05, 0) is 32.0 Å². The number of hydrogen-bond donors (Lipinski definition) is 1. The van der Waals surface area contributed by atoms with Crippen LogP contribution in [0.2, 0.25) is 0 Å².